The van der Waals surface area contributed by atoms with Crippen molar-refractivity contribution < 1.29 is 4.39 Å². The molecule has 0 radical (unpaired) electrons. The summed E-state index contributed by atoms with van der Waals surface area (Å²) in [5, 5.41) is 4.17. The zero-order valence-electron chi connectivity index (χ0n) is 12.3. The van der Waals surface area contributed by atoms with Gasteiger partial charge in [0, 0.05) is 24.2 Å². The Kier molecular flexibility index (Phi) is 5.82. The molecule has 0 aliphatic carbocycles. The maximum Gasteiger partial charge on any atom is 0.123 e. The van der Waals surface area contributed by atoms with Gasteiger partial charge in [0.25, 0.3) is 0 Å². The van der Waals surface area contributed by atoms with Crippen LogP contribution in [0, 0.1) is 11.7 Å². The Morgan fingerprint density at radius 1 is 1.45 bits per heavy atom. The minimum Gasteiger partial charge on any atom is -0.314 e. The van der Waals surface area contributed by atoms with E-state index in [4.69, 9.17) is 11.6 Å². The van der Waals surface area contributed by atoms with Crippen LogP contribution in [0.5, 0.6) is 0 Å². The summed E-state index contributed by atoms with van der Waals surface area (Å²) in [6.07, 6.45) is 2.48. The van der Waals surface area contributed by atoms with E-state index in [1.54, 1.807) is 12.1 Å². The van der Waals surface area contributed by atoms with Crippen LogP contribution >= 0.6 is 11.6 Å². The van der Waals surface area contributed by atoms with Crippen molar-refractivity contribution in [1.82, 2.24) is 10.2 Å². The van der Waals surface area contributed by atoms with E-state index >= 15 is 0 Å². The van der Waals surface area contributed by atoms with Crippen LogP contribution in [0.1, 0.15) is 32.3 Å². The molecule has 0 aromatic heterocycles. The number of piperidine rings is 1. The van der Waals surface area contributed by atoms with Crippen LogP contribution in [0.15, 0.2) is 18.2 Å². The lowest BCUT2D eigenvalue weighted by Crippen LogP contribution is -2.40. The third kappa shape index (κ3) is 4.72. The average molecular weight is 299 g/mol. The second kappa shape index (κ2) is 7.39. The van der Waals surface area contributed by atoms with Gasteiger partial charge in [-0.15, -0.1) is 0 Å². The first-order valence-corrected chi connectivity index (χ1v) is 7.82. The van der Waals surface area contributed by atoms with Crippen molar-refractivity contribution in [2.75, 3.05) is 19.6 Å². The molecular formula is C16H24ClFN2. The Labute approximate surface area is 126 Å². The highest BCUT2D eigenvalue weighted by molar-refractivity contribution is 6.31. The topological polar surface area (TPSA) is 15.3 Å². The molecule has 1 saturated heterocycles. The van der Waals surface area contributed by atoms with Crippen LogP contribution < -0.4 is 5.32 Å². The summed E-state index contributed by atoms with van der Waals surface area (Å²) in [5.41, 5.74) is 0.893. The number of hydrogen-bond donors (Lipinski definition) is 1. The van der Waals surface area contributed by atoms with Gasteiger partial charge in [0.2, 0.25) is 0 Å². The smallest absolute Gasteiger partial charge is 0.123 e. The van der Waals surface area contributed by atoms with Crippen molar-refractivity contribution >= 4 is 11.6 Å². The van der Waals surface area contributed by atoms with E-state index < -0.39 is 0 Å². The summed E-state index contributed by atoms with van der Waals surface area (Å²) < 4.78 is 13.3. The van der Waals surface area contributed by atoms with Crippen LogP contribution in [-0.4, -0.2) is 30.6 Å². The van der Waals surface area contributed by atoms with Gasteiger partial charge in [-0.25, -0.2) is 4.39 Å². The predicted octanol–water partition coefficient (Wildman–Crippen LogP) is 3.69. The summed E-state index contributed by atoms with van der Waals surface area (Å²) >= 11 is 6.15. The maximum atomic E-state index is 13.3. The molecule has 112 valence electrons. The van der Waals surface area contributed by atoms with E-state index in [2.05, 4.69) is 24.1 Å². The van der Waals surface area contributed by atoms with Crippen molar-refractivity contribution in [3.8, 4) is 0 Å². The van der Waals surface area contributed by atoms with Crippen molar-refractivity contribution in [2.24, 2.45) is 5.92 Å². The Hall–Kier alpha value is -0.640. The summed E-state index contributed by atoms with van der Waals surface area (Å²) in [6.45, 7) is 8.29. The lowest BCUT2D eigenvalue weighted by Gasteiger charge is -2.33. The van der Waals surface area contributed by atoms with E-state index in [1.807, 2.05) is 0 Å². The first-order chi connectivity index (χ1) is 9.54. The number of likely N-dealkylation sites (tertiary alicyclic amines) is 1. The second-order valence-corrected chi connectivity index (χ2v) is 6.45. The fourth-order valence-electron chi connectivity index (χ4n) is 2.77. The van der Waals surface area contributed by atoms with Gasteiger partial charge in [0.05, 0.1) is 0 Å². The van der Waals surface area contributed by atoms with Gasteiger partial charge >= 0.3 is 0 Å². The van der Waals surface area contributed by atoms with Crippen LogP contribution in [0.2, 0.25) is 5.02 Å². The largest absolute Gasteiger partial charge is 0.314 e. The van der Waals surface area contributed by atoms with Gasteiger partial charge in [0.1, 0.15) is 5.82 Å². The summed E-state index contributed by atoms with van der Waals surface area (Å²) in [6, 6.07) is 5.15. The molecule has 1 aromatic carbocycles. The highest BCUT2D eigenvalue weighted by atomic mass is 35.5. The molecule has 1 aliphatic rings. The third-order valence-corrected chi connectivity index (χ3v) is 4.19. The summed E-state index contributed by atoms with van der Waals surface area (Å²) in [5.74, 6) is 0.470. The zero-order valence-corrected chi connectivity index (χ0v) is 13.1. The monoisotopic (exact) mass is 298 g/mol. The van der Waals surface area contributed by atoms with Gasteiger partial charge in [-0.1, -0.05) is 25.4 Å². The van der Waals surface area contributed by atoms with Gasteiger partial charge in [-0.3, -0.25) is 4.90 Å². The Balaban J connectivity index is 1.90. The fraction of sp³-hybridized carbons (Fsp3) is 0.625. The van der Waals surface area contributed by atoms with Crippen molar-refractivity contribution in [3.63, 3.8) is 0 Å². The van der Waals surface area contributed by atoms with E-state index in [-0.39, 0.29) is 5.82 Å². The van der Waals surface area contributed by atoms with Gasteiger partial charge in [-0.05, 0) is 55.6 Å². The second-order valence-electron chi connectivity index (χ2n) is 6.04. The SMILES string of the molecule is CC(C)NCC1CCCN(Cc2cc(F)ccc2Cl)C1. The number of halogens is 2. The Morgan fingerprint density at radius 3 is 3.00 bits per heavy atom. The van der Waals surface area contributed by atoms with Crippen LogP contribution in [-0.2, 0) is 6.54 Å². The molecule has 1 aromatic rings. The number of benzene rings is 1. The number of rotatable bonds is 5. The highest BCUT2D eigenvalue weighted by Gasteiger charge is 2.20. The third-order valence-electron chi connectivity index (χ3n) is 3.82. The molecule has 20 heavy (non-hydrogen) atoms. The zero-order chi connectivity index (χ0) is 14.5. The Bertz CT molecular complexity index is 436. The summed E-state index contributed by atoms with van der Waals surface area (Å²) in [4.78, 5) is 2.39. The number of nitrogens with zero attached hydrogens (tertiary/aromatic N) is 1. The number of nitrogens with one attached hydrogen (secondary N) is 1. The first-order valence-electron chi connectivity index (χ1n) is 7.44. The van der Waals surface area contributed by atoms with Crippen LogP contribution in [0.4, 0.5) is 4.39 Å². The molecule has 4 heteroatoms. The molecule has 1 fully saturated rings. The van der Waals surface area contributed by atoms with E-state index in [0.29, 0.717) is 17.0 Å². The fourth-order valence-corrected chi connectivity index (χ4v) is 2.95. The molecule has 1 atom stereocenters. The van der Waals surface area contributed by atoms with Crippen molar-refractivity contribution in [3.05, 3.63) is 34.6 Å². The van der Waals surface area contributed by atoms with Crippen LogP contribution in [0.25, 0.3) is 0 Å². The molecule has 1 N–H and O–H groups in total. The average Bonchev–Trinajstić information content (AvgIpc) is 2.41. The molecular weight excluding hydrogens is 275 g/mol. The molecule has 1 heterocycles. The van der Waals surface area contributed by atoms with Crippen molar-refractivity contribution in [2.45, 2.75) is 39.3 Å². The highest BCUT2D eigenvalue weighted by Crippen LogP contribution is 2.22. The minimum absolute atomic E-state index is 0.209. The van der Waals surface area contributed by atoms with Gasteiger partial charge in [-0.2, -0.15) is 0 Å². The number of hydrogen-bond acceptors (Lipinski definition) is 2. The molecule has 2 rings (SSSR count). The van der Waals surface area contributed by atoms with Crippen molar-refractivity contribution in [1.29, 1.82) is 0 Å². The maximum absolute atomic E-state index is 13.3. The minimum atomic E-state index is -0.209. The standard InChI is InChI=1S/C16H24ClFN2/c1-12(2)19-9-13-4-3-7-20(10-13)11-14-8-15(18)5-6-16(14)17/h5-6,8,12-13,19H,3-4,7,9-11H2,1-2H3. The summed E-state index contributed by atoms with van der Waals surface area (Å²) in [7, 11) is 0. The van der Waals surface area contributed by atoms with Crippen LogP contribution in [0.3, 0.4) is 0 Å². The quantitative estimate of drug-likeness (QED) is 0.892. The molecule has 0 spiro atoms. The van der Waals surface area contributed by atoms with E-state index in [1.165, 1.54) is 18.9 Å². The van der Waals surface area contributed by atoms with Gasteiger partial charge < -0.3 is 5.32 Å². The van der Waals surface area contributed by atoms with Gasteiger partial charge in [0.15, 0.2) is 0 Å². The molecule has 2 nitrogen and oxygen atoms in total. The Morgan fingerprint density at radius 2 is 2.25 bits per heavy atom. The van der Waals surface area contributed by atoms with E-state index in [9.17, 15) is 4.39 Å². The predicted molar refractivity (Wildman–Crippen MR) is 82.5 cm³/mol. The lowest BCUT2D eigenvalue weighted by molar-refractivity contribution is 0.164. The molecule has 0 amide bonds. The lowest BCUT2D eigenvalue weighted by atomic mass is 9.97. The molecule has 1 unspecified atom stereocenters. The first kappa shape index (κ1) is 15.7. The molecule has 0 bridgehead atoms. The normalized spacial score (nSPS) is 20.6. The van der Waals surface area contributed by atoms with E-state index in [0.717, 1.165) is 31.7 Å². The molecule has 1 aliphatic heterocycles. The molecule has 0 saturated carbocycles.